The van der Waals surface area contributed by atoms with E-state index in [2.05, 4.69) is 73.3 Å². The monoisotopic (exact) mass is 520 g/mol. The van der Waals surface area contributed by atoms with E-state index in [1.807, 2.05) is 0 Å². The number of halogens is 1. The van der Waals surface area contributed by atoms with Gasteiger partial charge in [-0.15, -0.1) is 24.0 Å². The summed E-state index contributed by atoms with van der Waals surface area (Å²) in [6.45, 7) is 14.8. The van der Waals surface area contributed by atoms with Gasteiger partial charge < -0.3 is 20.1 Å². The Bertz CT molecular complexity index is 586. The maximum absolute atomic E-state index is 5.86. The maximum Gasteiger partial charge on any atom is 0.191 e. The van der Waals surface area contributed by atoms with Gasteiger partial charge in [0, 0.05) is 51.4 Å². The molecule has 0 spiro atoms. The molecule has 0 unspecified atom stereocenters. The van der Waals surface area contributed by atoms with Gasteiger partial charge in [-0.25, -0.2) is 0 Å². The van der Waals surface area contributed by atoms with Crippen LogP contribution in [0.5, 0.6) is 5.75 Å². The van der Waals surface area contributed by atoms with E-state index < -0.39 is 0 Å². The van der Waals surface area contributed by atoms with E-state index in [-0.39, 0.29) is 24.0 Å². The van der Waals surface area contributed by atoms with Gasteiger partial charge in [0.05, 0.1) is 6.61 Å². The van der Waals surface area contributed by atoms with Crippen molar-refractivity contribution in [3.8, 4) is 5.75 Å². The average molecular weight is 521 g/mol. The highest BCUT2D eigenvalue weighted by atomic mass is 127. The minimum atomic E-state index is 0. The molecule has 168 valence electrons. The molecule has 0 aliphatic carbocycles. The Labute approximate surface area is 194 Å². The lowest BCUT2D eigenvalue weighted by molar-refractivity contribution is 0.145. The normalized spacial score (nSPS) is 11.7. The Balaban J connectivity index is 0.00000784. The molecule has 0 radical (unpaired) electrons. The van der Waals surface area contributed by atoms with E-state index in [1.165, 1.54) is 5.56 Å². The molecule has 0 aromatic heterocycles. The van der Waals surface area contributed by atoms with Crippen LogP contribution in [0.2, 0.25) is 0 Å². The van der Waals surface area contributed by atoms with Gasteiger partial charge in [0.25, 0.3) is 0 Å². The van der Waals surface area contributed by atoms with E-state index in [4.69, 9.17) is 9.47 Å². The molecule has 0 fully saturated rings. The molecule has 1 aromatic rings. The third kappa shape index (κ3) is 11.1. The Morgan fingerprint density at radius 2 is 1.79 bits per heavy atom. The summed E-state index contributed by atoms with van der Waals surface area (Å²) < 4.78 is 10.9. The second-order valence-corrected chi connectivity index (χ2v) is 7.58. The van der Waals surface area contributed by atoms with Gasteiger partial charge >= 0.3 is 0 Å². The van der Waals surface area contributed by atoms with Crippen LogP contribution in [0.25, 0.3) is 0 Å². The molecule has 0 aliphatic rings. The zero-order valence-corrected chi connectivity index (χ0v) is 21.6. The lowest BCUT2D eigenvalue weighted by atomic mass is 10.1. The lowest BCUT2D eigenvalue weighted by Gasteiger charge is -2.30. The van der Waals surface area contributed by atoms with E-state index in [0.717, 1.165) is 36.8 Å². The number of methoxy groups -OCH3 is 1. The predicted molar refractivity (Wildman–Crippen MR) is 134 cm³/mol. The molecule has 0 aliphatic heterocycles. The lowest BCUT2D eigenvalue weighted by Crippen LogP contribution is -2.41. The fourth-order valence-corrected chi connectivity index (χ4v) is 3.16. The van der Waals surface area contributed by atoms with Crippen LogP contribution in [-0.4, -0.2) is 63.4 Å². The van der Waals surface area contributed by atoms with Crippen LogP contribution in [0.3, 0.4) is 0 Å². The van der Waals surface area contributed by atoms with Gasteiger partial charge in [-0.05, 0) is 52.7 Å². The number of nitrogens with one attached hydrogen (secondary N) is 2. The van der Waals surface area contributed by atoms with Crippen LogP contribution in [0.15, 0.2) is 23.2 Å². The summed E-state index contributed by atoms with van der Waals surface area (Å²) in [5.74, 6) is 1.70. The topological polar surface area (TPSA) is 58.1 Å². The van der Waals surface area contributed by atoms with Crippen molar-refractivity contribution in [1.82, 2.24) is 15.5 Å². The summed E-state index contributed by atoms with van der Waals surface area (Å²) in [7, 11) is 3.48. The second kappa shape index (κ2) is 15.7. The van der Waals surface area contributed by atoms with Crippen LogP contribution >= 0.6 is 24.0 Å². The second-order valence-electron chi connectivity index (χ2n) is 7.58. The summed E-state index contributed by atoms with van der Waals surface area (Å²) in [6, 6.07) is 7.39. The quantitative estimate of drug-likeness (QED) is 0.190. The molecule has 0 bridgehead atoms. The van der Waals surface area contributed by atoms with Crippen molar-refractivity contribution in [1.29, 1.82) is 0 Å². The van der Waals surface area contributed by atoms with Crippen molar-refractivity contribution in [2.45, 2.75) is 59.7 Å². The number of rotatable bonds is 12. The number of aliphatic imine (C=N–C) groups is 1. The number of nitrogens with zero attached hydrogens (tertiary/aromatic N) is 2. The van der Waals surface area contributed by atoms with Gasteiger partial charge in [0.1, 0.15) is 12.4 Å². The molecule has 0 amide bonds. The highest BCUT2D eigenvalue weighted by molar-refractivity contribution is 14.0. The number of ether oxygens (including phenoxy) is 2. The van der Waals surface area contributed by atoms with E-state index in [0.29, 0.717) is 31.8 Å². The van der Waals surface area contributed by atoms with Crippen molar-refractivity contribution in [3.05, 3.63) is 29.3 Å². The zero-order valence-electron chi connectivity index (χ0n) is 19.2. The minimum absolute atomic E-state index is 0. The Morgan fingerprint density at radius 1 is 1.10 bits per heavy atom. The summed E-state index contributed by atoms with van der Waals surface area (Å²) in [5, 5.41) is 6.79. The number of hydrogen-bond donors (Lipinski definition) is 2. The Kier molecular flexibility index (Phi) is 15.2. The summed E-state index contributed by atoms with van der Waals surface area (Å²) in [5.41, 5.74) is 2.29. The van der Waals surface area contributed by atoms with Crippen molar-refractivity contribution >= 4 is 29.9 Å². The number of benzene rings is 1. The van der Waals surface area contributed by atoms with Gasteiger partial charge in [0.2, 0.25) is 0 Å². The number of aryl methyl sites for hydroxylation is 1. The highest BCUT2D eigenvalue weighted by Crippen LogP contribution is 2.20. The number of guanidine groups is 1. The molecular weight excluding hydrogens is 479 g/mol. The average Bonchev–Trinajstić information content (AvgIpc) is 2.64. The fourth-order valence-electron chi connectivity index (χ4n) is 3.16. The molecule has 7 heteroatoms. The largest absolute Gasteiger partial charge is 0.491 e. The van der Waals surface area contributed by atoms with Crippen LogP contribution in [0, 0.1) is 6.92 Å². The minimum Gasteiger partial charge on any atom is -0.491 e. The third-order valence-corrected chi connectivity index (χ3v) is 4.65. The van der Waals surface area contributed by atoms with Crippen molar-refractivity contribution in [3.63, 3.8) is 0 Å². The molecule has 1 rings (SSSR count). The standard InChI is InChI=1S/C22H40N4O2.HI/c1-17(2)26(18(3)4)12-8-11-24-22(23-6)25-16-20-10-9-19(5)15-21(20)28-14-13-27-7;/h9-10,15,17-18H,8,11-14,16H2,1-7H3,(H2,23,24,25);1H. The molecule has 29 heavy (non-hydrogen) atoms. The molecule has 0 heterocycles. The van der Waals surface area contributed by atoms with Gasteiger partial charge in [-0.1, -0.05) is 12.1 Å². The van der Waals surface area contributed by atoms with Crippen LogP contribution in [0.4, 0.5) is 0 Å². The highest BCUT2D eigenvalue weighted by Gasteiger charge is 2.12. The van der Waals surface area contributed by atoms with Crippen LogP contribution in [-0.2, 0) is 11.3 Å². The first-order valence-corrected chi connectivity index (χ1v) is 10.3. The Hall–Kier alpha value is -1.06. The van der Waals surface area contributed by atoms with Gasteiger partial charge in [0.15, 0.2) is 5.96 Å². The molecule has 0 saturated heterocycles. The maximum atomic E-state index is 5.86. The van der Waals surface area contributed by atoms with E-state index >= 15 is 0 Å². The number of hydrogen-bond acceptors (Lipinski definition) is 4. The summed E-state index contributed by atoms with van der Waals surface area (Å²) >= 11 is 0. The molecular formula is C22H41IN4O2. The van der Waals surface area contributed by atoms with Crippen LogP contribution in [0.1, 0.15) is 45.2 Å². The predicted octanol–water partition coefficient (Wildman–Crippen LogP) is 3.81. The van der Waals surface area contributed by atoms with E-state index in [9.17, 15) is 0 Å². The first-order chi connectivity index (χ1) is 13.4. The molecule has 0 atom stereocenters. The van der Waals surface area contributed by atoms with Gasteiger partial charge in [-0.2, -0.15) is 0 Å². The smallest absolute Gasteiger partial charge is 0.191 e. The molecule has 0 saturated carbocycles. The first-order valence-electron chi connectivity index (χ1n) is 10.3. The summed E-state index contributed by atoms with van der Waals surface area (Å²) in [4.78, 5) is 6.84. The summed E-state index contributed by atoms with van der Waals surface area (Å²) in [6.07, 6.45) is 1.08. The van der Waals surface area contributed by atoms with Crippen molar-refractivity contribution in [2.24, 2.45) is 4.99 Å². The van der Waals surface area contributed by atoms with Crippen molar-refractivity contribution < 1.29 is 9.47 Å². The molecule has 1 aromatic carbocycles. The van der Waals surface area contributed by atoms with Gasteiger partial charge in [-0.3, -0.25) is 9.89 Å². The van der Waals surface area contributed by atoms with E-state index in [1.54, 1.807) is 14.2 Å². The first kappa shape index (κ1) is 27.9. The molecule has 6 nitrogen and oxygen atoms in total. The molecule has 2 N–H and O–H groups in total. The zero-order chi connectivity index (χ0) is 20.9. The van der Waals surface area contributed by atoms with Crippen LogP contribution < -0.4 is 15.4 Å². The third-order valence-electron chi connectivity index (χ3n) is 4.65. The SMILES string of the molecule is CN=C(NCCCN(C(C)C)C(C)C)NCc1ccc(C)cc1OCCOC.I. The fraction of sp³-hybridized carbons (Fsp3) is 0.682. The Morgan fingerprint density at radius 3 is 2.38 bits per heavy atom. The van der Waals surface area contributed by atoms with Crippen molar-refractivity contribution in [2.75, 3.05) is 40.5 Å².